The number of fused-ring (bicyclic) bond motifs is 1. The molecule has 3 unspecified atom stereocenters. The summed E-state index contributed by atoms with van der Waals surface area (Å²) in [4.78, 5) is 69.5. The van der Waals surface area contributed by atoms with Crippen LogP contribution in [0.4, 0.5) is 23.1 Å². The van der Waals surface area contributed by atoms with Crippen molar-refractivity contribution < 1.29 is 38.2 Å². The molecule has 2 aliphatic heterocycles. The van der Waals surface area contributed by atoms with Crippen molar-refractivity contribution in [1.29, 1.82) is 0 Å². The van der Waals surface area contributed by atoms with Gasteiger partial charge in [0, 0.05) is 30.7 Å². The highest BCUT2D eigenvalue weighted by atomic mass is 79.9. The van der Waals surface area contributed by atoms with E-state index in [9.17, 15) is 24.0 Å². The van der Waals surface area contributed by atoms with Crippen LogP contribution in [0.15, 0.2) is 34.9 Å². The first-order valence-electron chi connectivity index (χ1n) is 14.0. The molecule has 3 atom stereocenters. The highest BCUT2D eigenvalue weighted by Crippen LogP contribution is 2.36. The molecule has 45 heavy (non-hydrogen) atoms. The number of hydrogen-bond acceptors (Lipinski definition) is 12. The molecule has 1 aromatic heterocycles. The second-order valence-electron chi connectivity index (χ2n) is 11.3. The minimum Gasteiger partial charge on any atom is -0.447 e. The molecule has 4 rings (SSSR count). The maximum Gasteiger partial charge on any atom is 0.339 e. The number of nitrogens with zero attached hydrogens (tertiary/aromatic N) is 2. The van der Waals surface area contributed by atoms with E-state index in [1.54, 1.807) is 44.3 Å². The molecule has 0 radical (unpaired) electrons. The summed E-state index contributed by atoms with van der Waals surface area (Å²) in [6.07, 6.45) is -1.00. The Labute approximate surface area is 267 Å². The van der Waals surface area contributed by atoms with Crippen LogP contribution < -0.4 is 32.3 Å². The Kier molecular flexibility index (Phi) is 10.2. The molecule has 3 heterocycles. The number of hydrogen-bond donors (Lipinski definition) is 6. The number of carbonyl (C=O) groups is 5. The molecule has 2 aliphatic rings. The van der Waals surface area contributed by atoms with Crippen molar-refractivity contribution in [3.05, 3.63) is 34.9 Å². The fourth-order valence-electron chi connectivity index (χ4n) is 4.31. The van der Waals surface area contributed by atoms with E-state index < -0.39 is 59.1 Å². The minimum absolute atomic E-state index is 0.277. The fourth-order valence-corrected chi connectivity index (χ4v) is 4.64. The third kappa shape index (κ3) is 8.43. The molecule has 1 aromatic carbocycles. The lowest BCUT2D eigenvalue weighted by molar-refractivity contribution is -0.188. The van der Waals surface area contributed by atoms with E-state index in [0.29, 0.717) is 41.2 Å². The lowest BCUT2D eigenvalue weighted by atomic mass is 9.91. The number of nitrogens with two attached hydrogens (primary N) is 1. The summed E-state index contributed by atoms with van der Waals surface area (Å²) in [7, 11) is 0. The van der Waals surface area contributed by atoms with Gasteiger partial charge in [0.05, 0.1) is 11.0 Å². The largest absolute Gasteiger partial charge is 0.447 e. The maximum absolute atomic E-state index is 12.6. The van der Waals surface area contributed by atoms with E-state index in [1.807, 2.05) is 0 Å². The monoisotopic (exact) mass is 690 g/mol. The van der Waals surface area contributed by atoms with Crippen LogP contribution in [0.3, 0.4) is 0 Å². The average Bonchev–Trinajstić information content (AvgIpc) is 3.45. The van der Waals surface area contributed by atoms with Gasteiger partial charge in [-0.25, -0.2) is 9.78 Å². The van der Waals surface area contributed by atoms with Crippen molar-refractivity contribution in [3.63, 3.8) is 0 Å². The van der Waals surface area contributed by atoms with Gasteiger partial charge in [0.25, 0.3) is 5.91 Å². The number of ether oxygens (including phenoxy) is 3. The minimum atomic E-state index is -1.30. The van der Waals surface area contributed by atoms with Gasteiger partial charge < -0.3 is 46.5 Å². The van der Waals surface area contributed by atoms with Crippen molar-refractivity contribution in [2.75, 3.05) is 35.6 Å². The molecule has 0 aliphatic carbocycles. The second-order valence-corrected chi connectivity index (χ2v) is 12.1. The van der Waals surface area contributed by atoms with Crippen LogP contribution in [0.5, 0.6) is 0 Å². The van der Waals surface area contributed by atoms with E-state index in [4.69, 9.17) is 19.9 Å². The van der Waals surface area contributed by atoms with Crippen LogP contribution in [0.25, 0.3) is 0 Å². The zero-order valence-electron chi connectivity index (χ0n) is 25.1. The molecule has 7 N–H and O–H groups in total. The number of anilines is 4. The van der Waals surface area contributed by atoms with Gasteiger partial charge in [0.15, 0.2) is 11.9 Å². The number of nitrogens with one attached hydrogen (secondary N) is 5. The van der Waals surface area contributed by atoms with E-state index in [-0.39, 0.29) is 12.5 Å². The smallest absolute Gasteiger partial charge is 0.339 e. The lowest BCUT2D eigenvalue weighted by Gasteiger charge is -2.20. The molecule has 2 fully saturated rings. The number of aromatic nitrogens is 2. The van der Waals surface area contributed by atoms with Crippen LogP contribution in [0, 0.1) is 5.41 Å². The second kappa shape index (κ2) is 13.7. The van der Waals surface area contributed by atoms with Crippen LogP contribution >= 0.6 is 15.9 Å². The van der Waals surface area contributed by atoms with E-state index >= 15 is 0 Å². The van der Waals surface area contributed by atoms with Crippen molar-refractivity contribution in [2.45, 2.75) is 58.2 Å². The van der Waals surface area contributed by atoms with E-state index in [0.717, 1.165) is 0 Å². The van der Waals surface area contributed by atoms with Crippen LogP contribution in [-0.2, 0) is 38.2 Å². The van der Waals surface area contributed by atoms with Gasteiger partial charge in [-0.15, -0.1) is 0 Å². The summed E-state index contributed by atoms with van der Waals surface area (Å²) in [5.41, 5.74) is 4.99. The molecule has 0 bridgehead atoms. The van der Waals surface area contributed by atoms with Gasteiger partial charge in [-0.2, -0.15) is 4.98 Å². The Morgan fingerprint density at radius 1 is 1.09 bits per heavy atom. The molecular weight excluding hydrogens is 656 g/mol. The molecule has 0 spiro atoms. The van der Waals surface area contributed by atoms with Gasteiger partial charge in [-0.05, 0) is 68.2 Å². The highest BCUT2D eigenvalue weighted by Gasteiger charge is 2.58. The van der Waals surface area contributed by atoms with Crippen LogP contribution in [0.1, 0.15) is 34.1 Å². The number of rotatable bonds is 13. The zero-order chi connectivity index (χ0) is 32.9. The number of carbonyl (C=O) groups excluding carboxylic acids is 5. The van der Waals surface area contributed by atoms with Crippen molar-refractivity contribution >= 4 is 68.7 Å². The summed E-state index contributed by atoms with van der Waals surface area (Å²) in [5.74, 6) is -3.26. The standard InChI is InChI=1S/C28H35BrN8O8/c1-27(2,24(30)41)25(42)32-10-6-9-31-21-16(29)12-34-26(37-21)36-15-8-5-7-14(11-15)35-17(38)13-33-22(39)19-18-20(23(40)43-19)45-28(3,4)44-18/h5,7-8,11-12,18-20H,6,9-10,13H2,1-4H3,(H2,30,41)(H,32,42)(H,33,39)(H,35,38)(H2,31,34,36,37). The van der Waals surface area contributed by atoms with Crippen LogP contribution in [0.2, 0.25) is 0 Å². The SMILES string of the molecule is CC1(C)OC2C(=O)OC(C(=O)NCC(=O)Nc3cccc(Nc4ncc(Br)c(NCCCNC(=O)C(C)(C)C(N)=O)n4)c3)C2O1. The van der Waals surface area contributed by atoms with Crippen molar-refractivity contribution in [2.24, 2.45) is 11.1 Å². The Hall–Kier alpha value is -4.35. The molecule has 2 saturated heterocycles. The first-order valence-corrected chi connectivity index (χ1v) is 14.8. The highest BCUT2D eigenvalue weighted by molar-refractivity contribution is 9.10. The fraction of sp³-hybridized carbons (Fsp3) is 0.464. The third-order valence-electron chi connectivity index (χ3n) is 6.85. The van der Waals surface area contributed by atoms with Gasteiger partial charge >= 0.3 is 5.97 Å². The molecule has 17 heteroatoms. The number of primary amides is 1. The molecule has 2 aromatic rings. The summed E-state index contributed by atoms with van der Waals surface area (Å²) >= 11 is 3.41. The molecule has 242 valence electrons. The van der Waals surface area contributed by atoms with E-state index in [1.165, 1.54) is 13.8 Å². The first-order chi connectivity index (χ1) is 21.2. The van der Waals surface area contributed by atoms with Gasteiger partial charge in [0.1, 0.15) is 17.3 Å². The first kappa shape index (κ1) is 33.5. The van der Waals surface area contributed by atoms with Gasteiger partial charge in [-0.3, -0.25) is 19.2 Å². The van der Waals surface area contributed by atoms with Crippen molar-refractivity contribution in [3.8, 4) is 0 Å². The summed E-state index contributed by atoms with van der Waals surface area (Å²) in [6, 6.07) is 6.78. The summed E-state index contributed by atoms with van der Waals surface area (Å²) < 4.78 is 16.8. The Bertz CT molecular complexity index is 1490. The molecular formula is C28H35BrN8O8. The normalized spacial score (nSPS) is 20.0. The number of benzene rings is 1. The molecule has 4 amide bonds. The predicted molar refractivity (Wildman–Crippen MR) is 164 cm³/mol. The van der Waals surface area contributed by atoms with Crippen LogP contribution in [-0.4, -0.2) is 83.3 Å². The topological polar surface area (TPSA) is 225 Å². The number of esters is 1. The number of amides is 4. The van der Waals surface area contributed by atoms with E-state index in [2.05, 4.69) is 52.5 Å². The van der Waals surface area contributed by atoms with Crippen molar-refractivity contribution in [1.82, 2.24) is 20.6 Å². The Morgan fingerprint density at radius 3 is 2.56 bits per heavy atom. The third-order valence-corrected chi connectivity index (χ3v) is 7.43. The van der Waals surface area contributed by atoms with Gasteiger partial charge in [-0.1, -0.05) is 6.07 Å². The summed E-state index contributed by atoms with van der Waals surface area (Å²) in [6.45, 7) is 6.62. The number of halogens is 1. The lowest BCUT2D eigenvalue weighted by Crippen LogP contribution is -2.46. The average molecular weight is 692 g/mol. The molecule has 0 saturated carbocycles. The zero-order valence-corrected chi connectivity index (χ0v) is 26.6. The summed E-state index contributed by atoms with van der Waals surface area (Å²) in [5, 5.41) is 14.1. The predicted octanol–water partition coefficient (Wildman–Crippen LogP) is 0.913. The quantitative estimate of drug-likeness (QED) is 0.0980. The Morgan fingerprint density at radius 2 is 1.82 bits per heavy atom. The van der Waals surface area contributed by atoms with Gasteiger partial charge in [0.2, 0.25) is 29.8 Å². The number of cyclic esters (lactones) is 1. The molecule has 16 nitrogen and oxygen atoms in total. The Balaban J connectivity index is 1.24. The maximum atomic E-state index is 12.6.